The Bertz CT molecular complexity index is 658. The van der Waals surface area contributed by atoms with Gasteiger partial charge in [0.1, 0.15) is 0 Å². The van der Waals surface area contributed by atoms with Crippen molar-refractivity contribution >= 4 is 15.9 Å². The molecule has 2 nitrogen and oxygen atoms in total. The van der Waals surface area contributed by atoms with Crippen molar-refractivity contribution in [3.8, 4) is 0 Å². The van der Waals surface area contributed by atoms with Crippen LogP contribution in [0, 0.1) is 5.95 Å². The Hall–Kier alpha value is -1.47. The highest BCUT2D eigenvalue weighted by Gasteiger charge is 2.30. The van der Waals surface area contributed by atoms with E-state index < -0.39 is 29.7 Å². The second-order valence-electron chi connectivity index (χ2n) is 4.89. The Labute approximate surface area is 132 Å². The number of alkyl halides is 3. The maximum absolute atomic E-state index is 13.7. The summed E-state index contributed by atoms with van der Waals surface area (Å²) in [5, 5.41) is 10.3. The Kier molecular flexibility index (Phi) is 4.87. The molecule has 22 heavy (non-hydrogen) atoms. The topological polar surface area (TPSA) is 33.1 Å². The first-order chi connectivity index (χ1) is 10.2. The number of nitrogens with zero attached hydrogens (tertiary/aromatic N) is 1. The molecule has 1 aromatic carbocycles. The predicted octanol–water partition coefficient (Wildman–Crippen LogP) is 4.84. The summed E-state index contributed by atoms with van der Waals surface area (Å²) in [6, 6.07) is 5.64. The molecule has 0 amide bonds. The second-order valence-corrected chi connectivity index (χ2v) is 5.80. The normalized spacial score (nSPS) is 14.7. The van der Waals surface area contributed by atoms with Gasteiger partial charge in [0, 0.05) is 22.2 Å². The molecule has 0 saturated carbocycles. The molecule has 0 saturated heterocycles. The van der Waals surface area contributed by atoms with Crippen molar-refractivity contribution in [2.24, 2.45) is 0 Å². The van der Waals surface area contributed by atoms with Gasteiger partial charge >= 0.3 is 6.18 Å². The van der Waals surface area contributed by atoms with Gasteiger partial charge in [0.05, 0.1) is 11.7 Å². The van der Waals surface area contributed by atoms with Gasteiger partial charge in [-0.15, -0.1) is 0 Å². The van der Waals surface area contributed by atoms with Crippen molar-refractivity contribution in [2.45, 2.75) is 25.1 Å². The summed E-state index contributed by atoms with van der Waals surface area (Å²) >= 11 is 3.17. The van der Waals surface area contributed by atoms with Crippen LogP contribution in [0.4, 0.5) is 17.6 Å². The van der Waals surface area contributed by atoms with E-state index >= 15 is 0 Å². The van der Waals surface area contributed by atoms with Crippen LogP contribution in [0.25, 0.3) is 0 Å². The largest absolute Gasteiger partial charge is 0.416 e. The summed E-state index contributed by atoms with van der Waals surface area (Å²) in [5.74, 6) is -1.39. The third-order valence-electron chi connectivity index (χ3n) is 3.38. The van der Waals surface area contributed by atoms with Crippen molar-refractivity contribution in [1.82, 2.24) is 4.98 Å². The van der Waals surface area contributed by atoms with Gasteiger partial charge in [0.15, 0.2) is 0 Å². The van der Waals surface area contributed by atoms with Gasteiger partial charge in [-0.05, 0) is 39.7 Å². The van der Waals surface area contributed by atoms with E-state index in [0.717, 1.165) is 12.1 Å². The maximum atomic E-state index is 13.7. The van der Waals surface area contributed by atoms with Gasteiger partial charge in [-0.3, -0.25) is 0 Å². The highest BCUT2D eigenvalue weighted by molar-refractivity contribution is 9.10. The first kappa shape index (κ1) is 16.9. The summed E-state index contributed by atoms with van der Waals surface area (Å²) in [6.07, 6.45) is -4.29. The average Bonchev–Trinajstić information content (AvgIpc) is 2.47. The summed E-state index contributed by atoms with van der Waals surface area (Å²) in [4.78, 5) is 3.55. The molecule has 118 valence electrons. The number of pyridine rings is 1. The Morgan fingerprint density at radius 2 is 1.77 bits per heavy atom. The third kappa shape index (κ3) is 3.64. The maximum Gasteiger partial charge on any atom is 0.416 e. The lowest BCUT2D eigenvalue weighted by molar-refractivity contribution is -0.137. The van der Waals surface area contributed by atoms with Gasteiger partial charge in [0.25, 0.3) is 0 Å². The summed E-state index contributed by atoms with van der Waals surface area (Å²) in [7, 11) is 0. The molecule has 0 bridgehead atoms. The molecule has 0 aliphatic carbocycles. The van der Waals surface area contributed by atoms with Crippen LogP contribution in [-0.2, 0) is 6.18 Å². The minimum absolute atomic E-state index is 0.182. The summed E-state index contributed by atoms with van der Waals surface area (Å²) in [5.41, 5.74) is -0.340. The van der Waals surface area contributed by atoms with Crippen molar-refractivity contribution < 1.29 is 22.7 Å². The molecule has 0 aliphatic rings. The third-order valence-corrected chi connectivity index (χ3v) is 3.81. The number of hydrogen-bond donors (Lipinski definition) is 1. The zero-order valence-electron chi connectivity index (χ0n) is 11.4. The number of aliphatic hydroxyl groups is 1. The summed E-state index contributed by atoms with van der Waals surface area (Å²) in [6.45, 7) is 1.58. The van der Waals surface area contributed by atoms with Crippen LogP contribution in [-0.4, -0.2) is 10.1 Å². The van der Waals surface area contributed by atoms with Gasteiger partial charge < -0.3 is 5.11 Å². The first-order valence-corrected chi connectivity index (χ1v) is 7.15. The molecule has 1 aromatic heterocycles. The number of halogens is 5. The van der Waals surface area contributed by atoms with Crippen molar-refractivity contribution in [3.63, 3.8) is 0 Å². The highest BCUT2D eigenvalue weighted by atomic mass is 79.9. The van der Waals surface area contributed by atoms with Crippen LogP contribution in [0.3, 0.4) is 0 Å². The highest BCUT2D eigenvalue weighted by Crippen LogP contribution is 2.34. The first-order valence-electron chi connectivity index (χ1n) is 6.36. The monoisotopic (exact) mass is 377 g/mol. The molecule has 0 radical (unpaired) electrons. The van der Waals surface area contributed by atoms with Crippen molar-refractivity contribution in [2.75, 3.05) is 0 Å². The van der Waals surface area contributed by atoms with Gasteiger partial charge in [-0.2, -0.15) is 17.6 Å². The van der Waals surface area contributed by atoms with E-state index in [0.29, 0.717) is 4.47 Å². The fourth-order valence-corrected chi connectivity index (χ4v) is 2.43. The quantitative estimate of drug-likeness (QED) is 0.613. The van der Waals surface area contributed by atoms with Crippen molar-refractivity contribution in [1.29, 1.82) is 0 Å². The molecule has 2 aromatic rings. The van der Waals surface area contributed by atoms with Gasteiger partial charge in [-0.1, -0.05) is 19.1 Å². The Morgan fingerprint density at radius 3 is 2.32 bits per heavy atom. The molecule has 2 rings (SSSR count). The van der Waals surface area contributed by atoms with E-state index in [1.54, 1.807) is 6.92 Å². The number of rotatable bonds is 3. The fourth-order valence-electron chi connectivity index (χ4n) is 2.09. The molecule has 7 heteroatoms. The SMILES string of the molecule is C[C@H](c1cc(Br)cnc1F)[C@H](O)c1ccc(C(F)(F)F)cc1. The standard InChI is InChI=1S/C15H12BrF4NO/c1-8(12-6-11(16)7-21-14(12)17)13(22)9-2-4-10(5-3-9)15(18,19)20/h2-8,13,22H,1H3/t8-,13+/m1/s1. The minimum Gasteiger partial charge on any atom is -0.388 e. The minimum atomic E-state index is -4.44. The molecule has 0 fully saturated rings. The number of benzene rings is 1. The van der Waals surface area contributed by atoms with E-state index in [-0.39, 0.29) is 11.1 Å². The van der Waals surface area contributed by atoms with Crippen LogP contribution in [0.5, 0.6) is 0 Å². The van der Waals surface area contributed by atoms with Gasteiger partial charge in [0.2, 0.25) is 5.95 Å². The van der Waals surface area contributed by atoms with Gasteiger partial charge in [-0.25, -0.2) is 4.98 Å². The second kappa shape index (κ2) is 6.34. The number of aromatic nitrogens is 1. The molecular formula is C15H12BrF4NO. The smallest absolute Gasteiger partial charge is 0.388 e. The van der Waals surface area contributed by atoms with E-state index in [1.165, 1.54) is 24.4 Å². The predicted molar refractivity (Wildman–Crippen MR) is 76.7 cm³/mol. The number of aliphatic hydroxyl groups excluding tert-OH is 1. The number of hydrogen-bond acceptors (Lipinski definition) is 2. The van der Waals surface area contributed by atoms with E-state index in [2.05, 4.69) is 20.9 Å². The van der Waals surface area contributed by atoms with Crippen LogP contribution >= 0.6 is 15.9 Å². The van der Waals surface area contributed by atoms with Crippen molar-refractivity contribution in [3.05, 3.63) is 63.6 Å². The molecule has 0 aliphatic heterocycles. The molecular weight excluding hydrogens is 366 g/mol. The molecule has 1 heterocycles. The Morgan fingerprint density at radius 1 is 1.18 bits per heavy atom. The van der Waals surface area contributed by atoms with E-state index in [1.807, 2.05) is 0 Å². The zero-order chi connectivity index (χ0) is 16.5. The lowest BCUT2D eigenvalue weighted by Crippen LogP contribution is -2.11. The molecule has 2 atom stereocenters. The van der Waals surface area contributed by atoms with Crippen LogP contribution in [0.2, 0.25) is 0 Å². The molecule has 1 N–H and O–H groups in total. The fraction of sp³-hybridized carbons (Fsp3) is 0.267. The zero-order valence-corrected chi connectivity index (χ0v) is 13.0. The van der Waals surface area contributed by atoms with E-state index in [9.17, 15) is 22.7 Å². The van der Waals surface area contributed by atoms with Crippen LogP contribution in [0.15, 0.2) is 41.0 Å². The summed E-state index contributed by atoms with van der Waals surface area (Å²) < 4.78 is 51.8. The molecule has 0 spiro atoms. The van der Waals surface area contributed by atoms with E-state index in [4.69, 9.17) is 0 Å². The van der Waals surface area contributed by atoms with Crippen LogP contribution in [0.1, 0.15) is 35.6 Å². The molecule has 0 unspecified atom stereocenters. The lowest BCUT2D eigenvalue weighted by Gasteiger charge is -2.20. The Balaban J connectivity index is 2.27. The average molecular weight is 378 g/mol. The lowest BCUT2D eigenvalue weighted by atomic mass is 9.91. The van der Waals surface area contributed by atoms with Crippen LogP contribution < -0.4 is 0 Å².